The number of hydrogen-bond donors (Lipinski definition) is 2. The number of nitrogens with one attached hydrogen (secondary N) is 2. The highest BCUT2D eigenvalue weighted by atomic mass is 35.5. The fraction of sp³-hybridized carbons (Fsp3) is 0.118. The highest BCUT2D eigenvalue weighted by molar-refractivity contribution is 7.80. The molecule has 25 heavy (non-hydrogen) atoms. The summed E-state index contributed by atoms with van der Waals surface area (Å²) in [7, 11) is 0. The molecule has 0 aliphatic heterocycles. The van der Waals surface area contributed by atoms with E-state index in [4.69, 9.17) is 28.6 Å². The molecule has 0 radical (unpaired) electrons. The van der Waals surface area contributed by atoms with Gasteiger partial charge in [-0.15, -0.1) is 0 Å². The van der Waals surface area contributed by atoms with Gasteiger partial charge in [-0.1, -0.05) is 35.1 Å². The zero-order chi connectivity index (χ0) is 17.8. The fourth-order valence-electron chi connectivity index (χ4n) is 2.17. The van der Waals surface area contributed by atoms with E-state index >= 15 is 0 Å². The van der Waals surface area contributed by atoms with E-state index in [0.29, 0.717) is 33.6 Å². The fourth-order valence-corrected chi connectivity index (χ4v) is 3.59. The number of para-hydroxylation sites is 1. The molecular weight excluding hydrogens is 378 g/mol. The van der Waals surface area contributed by atoms with Crippen LogP contribution in [-0.2, 0) is 0 Å². The molecule has 128 valence electrons. The van der Waals surface area contributed by atoms with Crippen molar-refractivity contribution in [3.63, 3.8) is 0 Å². The van der Waals surface area contributed by atoms with E-state index in [9.17, 15) is 4.79 Å². The van der Waals surface area contributed by atoms with Crippen LogP contribution < -0.4 is 15.4 Å². The van der Waals surface area contributed by atoms with Gasteiger partial charge in [0.25, 0.3) is 5.91 Å². The number of fused-ring (bicyclic) bond motifs is 1. The Morgan fingerprint density at radius 2 is 2.12 bits per heavy atom. The maximum Gasteiger partial charge on any atom is 0.257 e. The number of hydrogen-bond acceptors (Lipinski definition) is 5. The van der Waals surface area contributed by atoms with Crippen LogP contribution in [0.3, 0.4) is 0 Å². The smallest absolute Gasteiger partial charge is 0.257 e. The third-order valence-electron chi connectivity index (χ3n) is 3.22. The van der Waals surface area contributed by atoms with Crippen LogP contribution in [0.5, 0.6) is 5.75 Å². The number of halogens is 1. The van der Waals surface area contributed by atoms with E-state index < -0.39 is 0 Å². The molecule has 0 bridgehead atoms. The lowest BCUT2D eigenvalue weighted by atomic mass is 10.2. The Morgan fingerprint density at radius 3 is 2.88 bits per heavy atom. The van der Waals surface area contributed by atoms with Crippen LogP contribution in [0.4, 0.5) is 5.13 Å². The number of thiocarbonyl (C=S) groups is 1. The number of thiazole rings is 1. The van der Waals surface area contributed by atoms with Crippen LogP contribution in [-0.4, -0.2) is 22.6 Å². The minimum absolute atomic E-state index is 0.169. The summed E-state index contributed by atoms with van der Waals surface area (Å²) in [6.07, 6.45) is 0. The SMILES string of the molecule is CCOc1cccc(C(=O)NC(=S)Nc2nc3c(Cl)cccc3s2)c1. The molecule has 3 rings (SSSR count). The zero-order valence-electron chi connectivity index (χ0n) is 13.2. The predicted octanol–water partition coefficient (Wildman–Crippen LogP) is 4.48. The molecule has 1 amide bonds. The third kappa shape index (κ3) is 4.25. The van der Waals surface area contributed by atoms with Crippen molar-refractivity contribution in [2.24, 2.45) is 0 Å². The van der Waals surface area contributed by atoms with Crippen LogP contribution >= 0.6 is 35.2 Å². The van der Waals surface area contributed by atoms with Crippen molar-refractivity contribution in [1.29, 1.82) is 0 Å². The lowest BCUT2D eigenvalue weighted by Gasteiger charge is -2.08. The highest BCUT2D eigenvalue weighted by Gasteiger charge is 2.12. The molecule has 8 heteroatoms. The number of benzene rings is 2. The Kier molecular flexibility index (Phi) is 5.47. The lowest BCUT2D eigenvalue weighted by molar-refractivity contribution is 0.0977. The summed E-state index contributed by atoms with van der Waals surface area (Å²) >= 11 is 12.7. The Bertz CT molecular complexity index is 943. The van der Waals surface area contributed by atoms with E-state index in [-0.39, 0.29) is 11.0 Å². The zero-order valence-corrected chi connectivity index (χ0v) is 15.6. The molecule has 5 nitrogen and oxygen atoms in total. The molecule has 0 aliphatic carbocycles. The number of carbonyl (C=O) groups is 1. The van der Waals surface area contributed by atoms with Gasteiger partial charge in [-0.2, -0.15) is 0 Å². The maximum atomic E-state index is 12.3. The van der Waals surface area contributed by atoms with Crippen molar-refractivity contribution in [2.45, 2.75) is 6.92 Å². The second kappa shape index (κ2) is 7.77. The molecule has 0 atom stereocenters. The van der Waals surface area contributed by atoms with Crippen molar-refractivity contribution < 1.29 is 9.53 Å². The summed E-state index contributed by atoms with van der Waals surface area (Å²) in [6, 6.07) is 12.5. The standard InChI is InChI=1S/C17H14ClN3O2S2/c1-2-23-11-6-3-5-10(9-11)15(22)20-16(24)21-17-19-14-12(18)7-4-8-13(14)25-17/h3-9H,2H2,1H3,(H2,19,20,21,22,24). The van der Waals surface area contributed by atoms with Gasteiger partial charge in [-0.25, -0.2) is 4.98 Å². The van der Waals surface area contributed by atoms with E-state index in [1.54, 1.807) is 30.3 Å². The molecule has 2 N–H and O–H groups in total. The monoisotopic (exact) mass is 391 g/mol. The average molecular weight is 392 g/mol. The number of amides is 1. The van der Waals surface area contributed by atoms with Crippen molar-refractivity contribution in [1.82, 2.24) is 10.3 Å². The summed E-state index contributed by atoms with van der Waals surface area (Å²) in [4.78, 5) is 16.7. The molecule has 0 spiro atoms. The Hall–Kier alpha value is -2.22. The van der Waals surface area contributed by atoms with Gasteiger partial charge >= 0.3 is 0 Å². The summed E-state index contributed by atoms with van der Waals surface area (Å²) in [6.45, 7) is 2.42. The van der Waals surface area contributed by atoms with Crippen LogP contribution in [0.25, 0.3) is 10.2 Å². The molecule has 2 aromatic carbocycles. The van der Waals surface area contributed by atoms with Crippen LogP contribution in [0.1, 0.15) is 17.3 Å². The quantitative estimate of drug-likeness (QED) is 0.642. The summed E-state index contributed by atoms with van der Waals surface area (Å²) < 4.78 is 6.33. The Labute approximate surface area is 159 Å². The number of rotatable bonds is 4. The Balaban J connectivity index is 1.68. The second-order valence-electron chi connectivity index (χ2n) is 4.97. The summed E-state index contributed by atoms with van der Waals surface area (Å²) in [5.74, 6) is 0.313. The van der Waals surface area contributed by atoms with Crippen molar-refractivity contribution in [3.8, 4) is 5.75 Å². The Morgan fingerprint density at radius 1 is 1.32 bits per heavy atom. The van der Waals surface area contributed by atoms with Gasteiger partial charge in [-0.05, 0) is 49.5 Å². The normalized spacial score (nSPS) is 10.5. The first kappa shape index (κ1) is 17.6. The van der Waals surface area contributed by atoms with E-state index in [0.717, 1.165) is 4.70 Å². The molecule has 3 aromatic rings. The number of aromatic nitrogens is 1. The topological polar surface area (TPSA) is 63.2 Å². The van der Waals surface area contributed by atoms with E-state index in [1.165, 1.54) is 11.3 Å². The first-order chi connectivity index (χ1) is 12.1. The van der Waals surface area contributed by atoms with E-state index in [2.05, 4.69) is 15.6 Å². The van der Waals surface area contributed by atoms with Gasteiger partial charge < -0.3 is 10.1 Å². The molecule has 0 fully saturated rings. The molecule has 0 unspecified atom stereocenters. The molecule has 1 aromatic heterocycles. The molecule has 0 saturated carbocycles. The number of carbonyl (C=O) groups excluding carboxylic acids is 1. The predicted molar refractivity (Wildman–Crippen MR) is 106 cm³/mol. The third-order valence-corrected chi connectivity index (χ3v) is 4.67. The number of nitrogens with zero attached hydrogens (tertiary/aromatic N) is 1. The van der Waals surface area contributed by atoms with Crippen molar-refractivity contribution in [3.05, 3.63) is 53.1 Å². The largest absolute Gasteiger partial charge is 0.494 e. The van der Waals surface area contributed by atoms with E-state index in [1.807, 2.05) is 19.1 Å². The van der Waals surface area contributed by atoms with Gasteiger partial charge in [0.2, 0.25) is 0 Å². The summed E-state index contributed by atoms with van der Waals surface area (Å²) in [5, 5.41) is 6.86. The van der Waals surface area contributed by atoms with Crippen molar-refractivity contribution in [2.75, 3.05) is 11.9 Å². The minimum Gasteiger partial charge on any atom is -0.494 e. The highest BCUT2D eigenvalue weighted by Crippen LogP contribution is 2.30. The molecule has 1 heterocycles. The minimum atomic E-state index is -0.321. The lowest BCUT2D eigenvalue weighted by Crippen LogP contribution is -2.34. The number of anilines is 1. The van der Waals surface area contributed by atoms with Crippen LogP contribution in [0.2, 0.25) is 5.02 Å². The van der Waals surface area contributed by atoms with Gasteiger partial charge in [-0.3, -0.25) is 10.1 Å². The van der Waals surface area contributed by atoms with Gasteiger partial charge in [0, 0.05) is 5.56 Å². The second-order valence-corrected chi connectivity index (χ2v) is 6.82. The summed E-state index contributed by atoms with van der Waals surface area (Å²) in [5.41, 5.74) is 1.16. The van der Waals surface area contributed by atoms with Gasteiger partial charge in [0.05, 0.1) is 16.3 Å². The molecular formula is C17H14ClN3O2S2. The van der Waals surface area contributed by atoms with Crippen LogP contribution in [0.15, 0.2) is 42.5 Å². The van der Waals surface area contributed by atoms with Gasteiger partial charge in [0.1, 0.15) is 11.3 Å². The van der Waals surface area contributed by atoms with Crippen molar-refractivity contribution >= 4 is 61.5 Å². The molecule has 0 aliphatic rings. The first-order valence-electron chi connectivity index (χ1n) is 7.47. The van der Waals surface area contributed by atoms with Gasteiger partial charge in [0.15, 0.2) is 10.2 Å². The van der Waals surface area contributed by atoms with Crippen LogP contribution in [0, 0.1) is 0 Å². The average Bonchev–Trinajstić information content (AvgIpc) is 2.99. The number of ether oxygens (including phenoxy) is 1. The maximum absolute atomic E-state index is 12.3. The first-order valence-corrected chi connectivity index (χ1v) is 9.07. The molecule has 0 saturated heterocycles.